The molecule has 0 radical (unpaired) electrons. The van der Waals surface area contributed by atoms with Crippen molar-refractivity contribution < 1.29 is 18.3 Å². The summed E-state index contributed by atoms with van der Waals surface area (Å²) in [7, 11) is -2.91. The van der Waals surface area contributed by atoms with Crippen molar-refractivity contribution in [3.05, 3.63) is 41.8 Å². The highest BCUT2D eigenvalue weighted by molar-refractivity contribution is 8.24. The molecule has 1 aliphatic heterocycles. The lowest BCUT2D eigenvalue weighted by Gasteiger charge is -2.26. The number of rotatable bonds is 4. The first-order valence-corrected chi connectivity index (χ1v) is 9.58. The van der Waals surface area contributed by atoms with Crippen molar-refractivity contribution in [2.75, 3.05) is 16.8 Å². The minimum Gasteiger partial charge on any atom is -0.365 e. The fourth-order valence-corrected chi connectivity index (χ4v) is 5.40. The van der Waals surface area contributed by atoms with Crippen LogP contribution in [-0.4, -0.2) is 36.3 Å². The highest BCUT2D eigenvalue weighted by atomic mass is 32.3. The van der Waals surface area contributed by atoms with E-state index in [0.29, 0.717) is 5.69 Å². The van der Waals surface area contributed by atoms with Crippen LogP contribution >= 0.6 is 10.6 Å². The number of hydrogen-bond donors (Lipinski definition) is 4. The molecular weight excluding hydrogens is 361 g/mol. The molecule has 8 nitrogen and oxygen atoms in total. The number of hydrogen-bond acceptors (Lipinski definition) is 6. The van der Waals surface area contributed by atoms with Crippen LogP contribution in [0.3, 0.4) is 0 Å². The molecule has 1 aromatic heterocycles. The zero-order valence-corrected chi connectivity index (χ0v) is 14.7. The normalized spacial score (nSPS) is 25.4. The van der Waals surface area contributed by atoms with Gasteiger partial charge in [0.25, 0.3) is 5.91 Å². The smallest absolute Gasteiger partial charge is 0.254 e. The number of nitrogens with two attached hydrogens (primary N) is 1. The molecule has 10 heteroatoms. The third kappa shape index (κ3) is 3.37. The summed E-state index contributed by atoms with van der Waals surface area (Å²) in [5, 5.41) is 16.7. The lowest BCUT2D eigenvalue weighted by atomic mass is 9.87. The molecule has 2 atom stereocenters. The Bertz CT molecular complexity index is 892. The topological polar surface area (TPSA) is 137 Å². The molecule has 0 bridgehead atoms. The van der Waals surface area contributed by atoms with Gasteiger partial charge in [-0.3, -0.25) is 18.6 Å². The molecule has 0 aliphatic carbocycles. The summed E-state index contributed by atoms with van der Waals surface area (Å²) >= 11 is 0. The third-order valence-corrected chi connectivity index (χ3v) is 6.28. The molecule has 138 valence electrons. The van der Waals surface area contributed by atoms with Gasteiger partial charge in [-0.25, -0.2) is 4.39 Å². The number of carbonyl (C=O) groups excluding carboxylic acids is 1. The van der Waals surface area contributed by atoms with Crippen LogP contribution in [0.4, 0.5) is 15.9 Å². The van der Waals surface area contributed by atoms with Crippen LogP contribution in [0.1, 0.15) is 23.3 Å². The molecule has 2 aromatic rings. The molecule has 5 N–H and O–H groups in total. The molecule has 0 spiro atoms. The first kappa shape index (κ1) is 18.2. The first-order valence-electron chi connectivity index (χ1n) is 7.70. The summed E-state index contributed by atoms with van der Waals surface area (Å²) < 4.78 is 34.5. The molecule has 1 amide bonds. The van der Waals surface area contributed by atoms with E-state index >= 15 is 0 Å². The molecule has 0 saturated carbocycles. The van der Waals surface area contributed by atoms with E-state index in [1.54, 1.807) is 6.92 Å². The Morgan fingerprint density at radius 3 is 2.73 bits per heavy atom. The maximum Gasteiger partial charge on any atom is 0.254 e. The first-order chi connectivity index (χ1) is 12.1. The number of amides is 1. The lowest BCUT2D eigenvalue weighted by molar-refractivity contribution is 0.100. The van der Waals surface area contributed by atoms with Crippen molar-refractivity contribution in [2.45, 2.75) is 13.0 Å². The van der Waals surface area contributed by atoms with Gasteiger partial charge in [0.2, 0.25) is 0 Å². The average Bonchev–Trinajstić information content (AvgIpc) is 3.08. The van der Waals surface area contributed by atoms with Crippen molar-refractivity contribution in [1.29, 1.82) is 5.26 Å². The van der Waals surface area contributed by atoms with Gasteiger partial charge in [-0.2, -0.15) is 21.0 Å². The van der Waals surface area contributed by atoms with E-state index in [0.717, 1.165) is 0 Å². The quantitative estimate of drug-likeness (QED) is 0.644. The van der Waals surface area contributed by atoms with Crippen LogP contribution in [0.15, 0.2) is 30.5 Å². The van der Waals surface area contributed by atoms with Crippen LogP contribution in [0.25, 0.3) is 0 Å². The van der Waals surface area contributed by atoms with Gasteiger partial charge in [-0.1, -0.05) is 0 Å². The zero-order chi connectivity index (χ0) is 19.1. The van der Waals surface area contributed by atoms with Gasteiger partial charge in [0, 0.05) is 11.9 Å². The van der Waals surface area contributed by atoms with E-state index in [-0.39, 0.29) is 22.9 Å². The predicted molar refractivity (Wildman–Crippen MR) is 95.8 cm³/mol. The zero-order valence-electron chi connectivity index (χ0n) is 13.9. The number of carbonyl (C=O) groups is 1. The van der Waals surface area contributed by atoms with Crippen molar-refractivity contribution in [3.8, 4) is 6.07 Å². The number of primary amides is 1. The van der Waals surface area contributed by atoms with E-state index in [4.69, 9.17) is 5.73 Å². The van der Waals surface area contributed by atoms with Gasteiger partial charge in [0.05, 0.1) is 29.0 Å². The van der Waals surface area contributed by atoms with Gasteiger partial charge in [-0.05, 0) is 31.2 Å². The third-order valence-electron chi connectivity index (χ3n) is 4.37. The SMILES string of the molecule is CC1(C#N)CS(O)(O)CC1n1cc(C(N)=O)c(Nc2ccc(F)cc2)n1. The van der Waals surface area contributed by atoms with Gasteiger partial charge in [0.1, 0.15) is 11.4 Å². The van der Waals surface area contributed by atoms with E-state index in [1.165, 1.54) is 35.1 Å². The molecule has 26 heavy (non-hydrogen) atoms. The minimum absolute atomic E-state index is 0.0348. The Balaban J connectivity index is 1.98. The molecule has 1 aliphatic rings. The highest BCUT2D eigenvalue weighted by Gasteiger charge is 2.49. The Hall–Kier alpha value is -2.61. The Kier molecular flexibility index (Phi) is 4.39. The summed E-state index contributed by atoms with van der Waals surface area (Å²) in [5.74, 6) is -1.09. The van der Waals surface area contributed by atoms with E-state index in [9.17, 15) is 23.6 Å². The van der Waals surface area contributed by atoms with Gasteiger partial charge >= 0.3 is 0 Å². The number of halogens is 1. The summed E-state index contributed by atoms with van der Waals surface area (Å²) in [6.45, 7) is 1.62. The highest BCUT2D eigenvalue weighted by Crippen LogP contribution is 2.58. The van der Waals surface area contributed by atoms with Gasteiger partial charge in [0.15, 0.2) is 5.82 Å². The molecule has 1 aromatic carbocycles. The predicted octanol–water partition coefficient (Wildman–Crippen LogP) is 2.70. The van der Waals surface area contributed by atoms with Crippen molar-refractivity contribution in [1.82, 2.24) is 9.78 Å². The Labute approximate surface area is 150 Å². The molecule has 1 fully saturated rings. The maximum atomic E-state index is 13.0. The van der Waals surface area contributed by atoms with Crippen molar-refractivity contribution >= 4 is 28.0 Å². The molecule has 1 saturated heterocycles. The van der Waals surface area contributed by atoms with Crippen LogP contribution in [0.5, 0.6) is 0 Å². The Morgan fingerprint density at radius 2 is 2.15 bits per heavy atom. The number of anilines is 2. The standard InChI is InChI=1S/C16H18FN5O3S/c1-16(8-18)9-26(24,25)7-13(16)22-6-12(14(19)23)15(21-22)20-11-4-2-10(17)3-5-11/h2-6,13,24-25H,7,9H2,1H3,(H2,19,23)(H,20,21). The summed E-state index contributed by atoms with van der Waals surface area (Å²) in [6, 6.07) is 6.95. The minimum atomic E-state index is -2.91. The van der Waals surface area contributed by atoms with Crippen LogP contribution in [0, 0.1) is 22.6 Å². The number of nitrogens with zero attached hydrogens (tertiary/aromatic N) is 3. The monoisotopic (exact) mass is 379 g/mol. The number of nitriles is 1. The second-order valence-electron chi connectivity index (χ2n) is 6.53. The van der Waals surface area contributed by atoms with Gasteiger partial charge < -0.3 is 11.1 Å². The van der Waals surface area contributed by atoms with E-state index in [1.807, 2.05) is 0 Å². The van der Waals surface area contributed by atoms with Crippen molar-refractivity contribution in [3.63, 3.8) is 0 Å². The average molecular weight is 379 g/mol. The molecular formula is C16H18FN5O3S. The summed E-state index contributed by atoms with van der Waals surface area (Å²) in [6.07, 6.45) is 1.38. The maximum absolute atomic E-state index is 13.0. The number of aromatic nitrogens is 2. The number of benzene rings is 1. The van der Waals surface area contributed by atoms with Crippen molar-refractivity contribution in [2.24, 2.45) is 11.1 Å². The number of nitrogens with one attached hydrogen (secondary N) is 1. The molecule has 2 heterocycles. The van der Waals surface area contributed by atoms with E-state index in [2.05, 4.69) is 16.5 Å². The fraction of sp³-hybridized carbons (Fsp3) is 0.312. The van der Waals surface area contributed by atoms with Crippen LogP contribution in [-0.2, 0) is 0 Å². The molecule has 2 unspecified atom stereocenters. The van der Waals surface area contributed by atoms with E-state index < -0.39 is 33.8 Å². The second-order valence-corrected chi connectivity index (χ2v) is 8.75. The largest absolute Gasteiger partial charge is 0.365 e. The summed E-state index contributed by atoms with van der Waals surface area (Å²) in [5.41, 5.74) is 4.94. The molecule has 3 rings (SSSR count). The lowest BCUT2D eigenvalue weighted by Crippen LogP contribution is -2.27. The summed E-state index contributed by atoms with van der Waals surface area (Å²) in [4.78, 5) is 11.8. The second kappa shape index (κ2) is 6.28. The Morgan fingerprint density at radius 1 is 1.50 bits per heavy atom. The van der Waals surface area contributed by atoms with Crippen LogP contribution < -0.4 is 11.1 Å². The van der Waals surface area contributed by atoms with Gasteiger partial charge in [-0.15, -0.1) is 0 Å². The van der Waals surface area contributed by atoms with Crippen LogP contribution in [0.2, 0.25) is 0 Å². The fourth-order valence-electron chi connectivity index (χ4n) is 3.04.